The summed E-state index contributed by atoms with van der Waals surface area (Å²) in [7, 11) is 0. The van der Waals surface area contributed by atoms with E-state index >= 15 is 0 Å². The van der Waals surface area contributed by atoms with E-state index in [0.29, 0.717) is 11.7 Å². The number of hydrogen-bond donors (Lipinski definition) is 1. The number of aromatic nitrogens is 1. The Kier molecular flexibility index (Phi) is 3.97. The van der Waals surface area contributed by atoms with Crippen molar-refractivity contribution in [3.8, 4) is 0 Å². The zero-order chi connectivity index (χ0) is 14.9. The molecular formula is C15H21FN2O2. The van der Waals surface area contributed by atoms with Gasteiger partial charge in [0.1, 0.15) is 17.2 Å². The monoisotopic (exact) mass is 280 g/mol. The van der Waals surface area contributed by atoms with Gasteiger partial charge in [0, 0.05) is 13.1 Å². The number of hydrogen-bond acceptors (Lipinski definition) is 3. The lowest BCUT2D eigenvalue weighted by Crippen LogP contribution is -2.39. The number of anilines is 1. The van der Waals surface area contributed by atoms with Gasteiger partial charge in [-0.25, -0.2) is 14.2 Å². The summed E-state index contributed by atoms with van der Waals surface area (Å²) in [5.74, 6) is -0.751. The molecule has 1 aromatic rings. The molecule has 2 rings (SSSR count). The molecule has 110 valence electrons. The van der Waals surface area contributed by atoms with Crippen molar-refractivity contribution in [2.24, 2.45) is 11.3 Å². The van der Waals surface area contributed by atoms with Gasteiger partial charge in [0.25, 0.3) is 0 Å². The van der Waals surface area contributed by atoms with Crippen LogP contribution < -0.4 is 4.90 Å². The molecule has 0 bridgehead atoms. The first-order chi connectivity index (χ1) is 9.29. The summed E-state index contributed by atoms with van der Waals surface area (Å²) in [6.45, 7) is 8.21. The lowest BCUT2D eigenvalue weighted by atomic mass is 9.75. The van der Waals surface area contributed by atoms with Gasteiger partial charge in [-0.05, 0) is 30.2 Å². The van der Waals surface area contributed by atoms with E-state index in [1.807, 2.05) is 4.90 Å². The summed E-state index contributed by atoms with van der Waals surface area (Å²) in [6, 6.07) is 1.04. The maximum atomic E-state index is 13.1. The number of carboxylic acid groups (broad SMARTS) is 1. The van der Waals surface area contributed by atoms with Gasteiger partial charge in [0.15, 0.2) is 0 Å². The first-order valence-corrected chi connectivity index (χ1v) is 6.93. The fraction of sp³-hybridized carbons (Fsp3) is 0.600. The van der Waals surface area contributed by atoms with E-state index in [1.165, 1.54) is 0 Å². The van der Waals surface area contributed by atoms with Crippen LogP contribution in [0.5, 0.6) is 0 Å². The van der Waals surface area contributed by atoms with Crippen molar-refractivity contribution in [3.63, 3.8) is 0 Å². The normalized spacial score (nSPS) is 17.3. The van der Waals surface area contributed by atoms with Gasteiger partial charge in [-0.1, -0.05) is 20.8 Å². The Morgan fingerprint density at radius 1 is 1.40 bits per heavy atom. The number of nitrogens with zero attached hydrogens (tertiary/aromatic N) is 2. The highest BCUT2D eigenvalue weighted by atomic mass is 19.1. The fourth-order valence-electron chi connectivity index (χ4n) is 2.80. The molecule has 0 unspecified atom stereocenters. The van der Waals surface area contributed by atoms with Crippen LogP contribution in [0, 0.1) is 17.2 Å². The van der Waals surface area contributed by atoms with E-state index in [-0.39, 0.29) is 11.0 Å². The summed E-state index contributed by atoms with van der Waals surface area (Å²) in [5, 5.41) is 9.17. The molecule has 0 radical (unpaired) electrons. The van der Waals surface area contributed by atoms with Crippen LogP contribution in [0.2, 0.25) is 0 Å². The Labute approximate surface area is 118 Å². The van der Waals surface area contributed by atoms with E-state index in [4.69, 9.17) is 5.11 Å². The second kappa shape index (κ2) is 5.38. The fourth-order valence-corrected chi connectivity index (χ4v) is 2.80. The second-order valence-corrected chi connectivity index (χ2v) is 6.46. The van der Waals surface area contributed by atoms with Crippen LogP contribution in [-0.2, 0) is 0 Å². The molecule has 1 fully saturated rings. The molecular weight excluding hydrogens is 259 g/mol. The Bertz CT molecular complexity index is 503. The van der Waals surface area contributed by atoms with Crippen molar-refractivity contribution in [2.75, 3.05) is 18.0 Å². The van der Waals surface area contributed by atoms with Gasteiger partial charge < -0.3 is 10.0 Å². The number of piperidine rings is 1. The molecule has 2 heterocycles. The van der Waals surface area contributed by atoms with Crippen LogP contribution in [0.25, 0.3) is 0 Å². The largest absolute Gasteiger partial charge is 0.478 e. The molecule has 1 N–H and O–H groups in total. The van der Waals surface area contributed by atoms with Crippen molar-refractivity contribution < 1.29 is 14.3 Å². The second-order valence-electron chi connectivity index (χ2n) is 6.46. The number of halogens is 1. The quantitative estimate of drug-likeness (QED) is 0.904. The van der Waals surface area contributed by atoms with E-state index in [2.05, 4.69) is 25.8 Å². The van der Waals surface area contributed by atoms with Crippen LogP contribution in [-0.4, -0.2) is 29.1 Å². The molecule has 0 saturated carbocycles. The predicted molar refractivity (Wildman–Crippen MR) is 75.5 cm³/mol. The third kappa shape index (κ3) is 3.08. The smallest absolute Gasteiger partial charge is 0.339 e. The van der Waals surface area contributed by atoms with E-state index < -0.39 is 11.8 Å². The average molecular weight is 280 g/mol. The highest BCUT2D eigenvalue weighted by Crippen LogP contribution is 2.35. The Morgan fingerprint density at radius 2 is 2.00 bits per heavy atom. The van der Waals surface area contributed by atoms with E-state index in [0.717, 1.165) is 38.2 Å². The minimum absolute atomic E-state index is 0.0563. The first-order valence-electron chi connectivity index (χ1n) is 6.93. The summed E-state index contributed by atoms with van der Waals surface area (Å²) >= 11 is 0. The van der Waals surface area contributed by atoms with E-state index in [9.17, 15) is 9.18 Å². The average Bonchev–Trinajstić information content (AvgIpc) is 2.37. The van der Waals surface area contributed by atoms with Crippen LogP contribution in [0.4, 0.5) is 10.2 Å². The molecule has 1 aliphatic heterocycles. The number of carboxylic acids is 1. The van der Waals surface area contributed by atoms with Crippen molar-refractivity contribution in [3.05, 3.63) is 23.6 Å². The summed E-state index contributed by atoms with van der Waals surface area (Å²) < 4.78 is 13.1. The highest BCUT2D eigenvalue weighted by molar-refractivity contribution is 5.93. The van der Waals surface area contributed by atoms with Gasteiger partial charge >= 0.3 is 5.97 Å². The minimum atomic E-state index is -1.13. The zero-order valence-electron chi connectivity index (χ0n) is 12.2. The van der Waals surface area contributed by atoms with Gasteiger partial charge in [0.2, 0.25) is 0 Å². The molecule has 0 amide bonds. The van der Waals surface area contributed by atoms with Crippen LogP contribution >= 0.6 is 0 Å². The molecule has 0 atom stereocenters. The van der Waals surface area contributed by atoms with Crippen molar-refractivity contribution in [1.29, 1.82) is 0 Å². The first kappa shape index (κ1) is 14.8. The van der Waals surface area contributed by atoms with Gasteiger partial charge in [-0.3, -0.25) is 0 Å². The van der Waals surface area contributed by atoms with Gasteiger partial charge in [0.05, 0.1) is 6.20 Å². The number of aromatic carboxylic acids is 1. The summed E-state index contributed by atoms with van der Waals surface area (Å²) in [6.07, 6.45) is 3.08. The molecule has 1 aliphatic rings. The van der Waals surface area contributed by atoms with Gasteiger partial charge in [-0.2, -0.15) is 0 Å². The zero-order valence-corrected chi connectivity index (χ0v) is 12.2. The Balaban J connectivity index is 2.17. The molecule has 0 aromatic carbocycles. The summed E-state index contributed by atoms with van der Waals surface area (Å²) in [5.41, 5.74) is 0.206. The van der Waals surface area contributed by atoms with E-state index in [1.54, 1.807) is 0 Å². The Morgan fingerprint density at radius 3 is 2.50 bits per heavy atom. The van der Waals surface area contributed by atoms with Crippen molar-refractivity contribution in [2.45, 2.75) is 33.6 Å². The van der Waals surface area contributed by atoms with Crippen LogP contribution in [0.15, 0.2) is 12.3 Å². The third-order valence-electron chi connectivity index (χ3n) is 4.08. The molecule has 1 saturated heterocycles. The standard InChI is InChI=1S/C15H21FN2O2/c1-15(2,3)10-4-6-18(7-5-10)13-12(14(19)20)8-11(16)9-17-13/h8-10H,4-7H2,1-3H3,(H,19,20). The molecule has 5 heteroatoms. The SMILES string of the molecule is CC(C)(C)C1CCN(c2ncc(F)cc2C(=O)O)CC1. The molecule has 0 spiro atoms. The molecule has 0 aliphatic carbocycles. The molecule has 20 heavy (non-hydrogen) atoms. The van der Waals surface area contributed by atoms with Crippen LogP contribution in [0.1, 0.15) is 44.0 Å². The lowest BCUT2D eigenvalue weighted by Gasteiger charge is -2.39. The highest BCUT2D eigenvalue weighted by Gasteiger charge is 2.30. The van der Waals surface area contributed by atoms with Crippen LogP contribution in [0.3, 0.4) is 0 Å². The number of rotatable bonds is 2. The predicted octanol–water partition coefficient (Wildman–Crippen LogP) is 3.18. The Hall–Kier alpha value is -1.65. The lowest BCUT2D eigenvalue weighted by molar-refractivity contribution is 0.0696. The van der Waals surface area contributed by atoms with Gasteiger partial charge in [-0.15, -0.1) is 0 Å². The molecule has 4 nitrogen and oxygen atoms in total. The number of pyridine rings is 1. The summed E-state index contributed by atoms with van der Waals surface area (Å²) in [4.78, 5) is 17.1. The topological polar surface area (TPSA) is 53.4 Å². The maximum Gasteiger partial charge on any atom is 0.339 e. The minimum Gasteiger partial charge on any atom is -0.478 e. The third-order valence-corrected chi connectivity index (χ3v) is 4.08. The maximum absolute atomic E-state index is 13.1. The van der Waals surface area contributed by atoms with Crippen molar-refractivity contribution in [1.82, 2.24) is 4.98 Å². The molecule has 1 aromatic heterocycles. The number of carbonyl (C=O) groups is 1. The van der Waals surface area contributed by atoms with Crippen molar-refractivity contribution >= 4 is 11.8 Å².